The van der Waals surface area contributed by atoms with E-state index in [2.05, 4.69) is 15.6 Å². The van der Waals surface area contributed by atoms with Crippen LogP contribution in [0.3, 0.4) is 0 Å². The summed E-state index contributed by atoms with van der Waals surface area (Å²) < 4.78 is 5.13. The van der Waals surface area contributed by atoms with Crippen LogP contribution >= 0.6 is 0 Å². The number of benzene rings is 1. The van der Waals surface area contributed by atoms with E-state index in [1.54, 1.807) is 19.4 Å². The molecular weight excluding hydrogens is 278 g/mol. The maximum absolute atomic E-state index is 11.5. The quantitative estimate of drug-likeness (QED) is 0.822. The number of nitrogens with zero attached hydrogens (tertiary/aromatic N) is 1. The monoisotopic (exact) mass is 299 g/mol. The van der Waals surface area contributed by atoms with E-state index in [4.69, 9.17) is 4.74 Å². The molecule has 0 radical (unpaired) electrons. The van der Waals surface area contributed by atoms with Crippen molar-refractivity contribution < 1.29 is 9.53 Å². The van der Waals surface area contributed by atoms with E-state index in [0.29, 0.717) is 18.8 Å². The standard InChI is InChI=1S/C17H21N3O2/c1-3-4-17(21)20-16-10-7-14(12-19-16)18-11-13-5-8-15(22-2)9-6-13/h5-10,12,18H,3-4,11H2,1-2H3,(H,19,20,21). The Balaban J connectivity index is 1.86. The molecule has 5 nitrogen and oxygen atoms in total. The van der Waals surface area contributed by atoms with E-state index in [1.807, 2.05) is 37.3 Å². The molecule has 0 aliphatic carbocycles. The van der Waals surface area contributed by atoms with E-state index in [9.17, 15) is 4.79 Å². The molecule has 2 rings (SSSR count). The molecule has 0 bridgehead atoms. The lowest BCUT2D eigenvalue weighted by atomic mass is 10.2. The minimum absolute atomic E-state index is 0.00561. The van der Waals surface area contributed by atoms with E-state index < -0.39 is 0 Å². The zero-order valence-electron chi connectivity index (χ0n) is 12.9. The fraction of sp³-hybridized carbons (Fsp3) is 0.294. The highest BCUT2D eigenvalue weighted by atomic mass is 16.5. The number of carbonyl (C=O) groups is 1. The number of methoxy groups -OCH3 is 1. The van der Waals surface area contributed by atoms with Gasteiger partial charge in [-0.15, -0.1) is 0 Å². The summed E-state index contributed by atoms with van der Waals surface area (Å²) >= 11 is 0. The lowest BCUT2D eigenvalue weighted by molar-refractivity contribution is -0.116. The second-order valence-corrected chi connectivity index (χ2v) is 4.93. The topological polar surface area (TPSA) is 63.2 Å². The Bertz CT molecular complexity index is 594. The highest BCUT2D eigenvalue weighted by Crippen LogP contribution is 2.14. The molecule has 2 aromatic rings. The smallest absolute Gasteiger partial charge is 0.225 e. The Morgan fingerprint density at radius 1 is 1.18 bits per heavy atom. The summed E-state index contributed by atoms with van der Waals surface area (Å²) in [5, 5.41) is 6.05. The molecule has 2 N–H and O–H groups in total. The van der Waals surface area contributed by atoms with Crippen LogP contribution in [-0.2, 0) is 11.3 Å². The maximum Gasteiger partial charge on any atom is 0.225 e. The number of amides is 1. The first kappa shape index (κ1) is 15.8. The molecule has 1 aromatic heterocycles. The van der Waals surface area contributed by atoms with Crippen LogP contribution in [-0.4, -0.2) is 18.0 Å². The van der Waals surface area contributed by atoms with Crippen molar-refractivity contribution in [2.75, 3.05) is 17.7 Å². The third-order valence-electron chi connectivity index (χ3n) is 3.16. The van der Waals surface area contributed by atoms with Gasteiger partial charge in [-0.25, -0.2) is 4.98 Å². The van der Waals surface area contributed by atoms with Crippen LogP contribution < -0.4 is 15.4 Å². The van der Waals surface area contributed by atoms with Crippen molar-refractivity contribution in [3.63, 3.8) is 0 Å². The molecule has 116 valence electrons. The van der Waals surface area contributed by atoms with Gasteiger partial charge in [-0.3, -0.25) is 4.79 Å². The molecule has 0 aliphatic heterocycles. The van der Waals surface area contributed by atoms with Crippen LogP contribution in [0.15, 0.2) is 42.6 Å². The number of anilines is 2. The molecule has 0 atom stereocenters. The van der Waals surface area contributed by atoms with Crippen molar-refractivity contribution in [2.45, 2.75) is 26.3 Å². The number of rotatable bonds is 7. The first-order valence-corrected chi connectivity index (χ1v) is 7.34. The Morgan fingerprint density at radius 3 is 2.55 bits per heavy atom. The molecule has 1 aromatic carbocycles. The molecule has 0 spiro atoms. The van der Waals surface area contributed by atoms with Gasteiger partial charge < -0.3 is 15.4 Å². The van der Waals surface area contributed by atoms with Gasteiger partial charge in [0.15, 0.2) is 0 Å². The SMILES string of the molecule is CCCC(=O)Nc1ccc(NCc2ccc(OC)cc2)cn1. The average molecular weight is 299 g/mol. The zero-order chi connectivity index (χ0) is 15.8. The summed E-state index contributed by atoms with van der Waals surface area (Å²) in [5.74, 6) is 1.42. The van der Waals surface area contributed by atoms with Crippen LogP contribution in [0.1, 0.15) is 25.3 Å². The van der Waals surface area contributed by atoms with Gasteiger partial charge in [0.05, 0.1) is 19.0 Å². The number of hydrogen-bond acceptors (Lipinski definition) is 4. The number of nitrogens with one attached hydrogen (secondary N) is 2. The van der Waals surface area contributed by atoms with E-state index in [-0.39, 0.29) is 5.91 Å². The predicted octanol–water partition coefficient (Wildman–Crippen LogP) is 3.44. The van der Waals surface area contributed by atoms with Crippen molar-refractivity contribution >= 4 is 17.4 Å². The first-order chi connectivity index (χ1) is 10.7. The third-order valence-corrected chi connectivity index (χ3v) is 3.16. The summed E-state index contributed by atoms with van der Waals surface area (Å²) in [6.07, 6.45) is 3.05. The van der Waals surface area contributed by atoms with Crippen LogP contribution in [0.4, 0.5) is 11.5 Å². The molecule has 0 saturated heterocycles. The number of aromatic nitrogens is 1. The van der Waals surface area contributed by atoms with Crippen LogP contribution in [0, 0.1) is 0 Å². The highest BCUT2D eigenvalue weighted by molar-refractivity contribution is 5.89. The molecule has 0 fully saturated rings. The molecule has 1 amide bonds. The van der Waals surface area contributed by atoms with E-state index in [0.717, 1.165) is 23.4 Å². The fourth-order valence-corrected chi connectivity index (χ4v) is 1.95. The third kappa shape index (κ3) is 4.77. The number of hydrogen-bond donors (Lipinski definition) is 2. The Labute approximate surface area is 130 Å². The second kappa shape index (κ2) is 8.02. The van der Waals surface area contributed by atoms with E-state index in [1.165, 1.54) is 0 Å². The van der Waals surface area contributed by atoms with Gasteiger partial charge in [0.1, 0.15) is 11.6 Å². The largest absolute Gasteiger partial charge is 0.497 e. The number of carbonyl (C=O) groups excluding carboxylic acids is 1. The van der Waals surface area contributed by atoms with Crippen LogP contribution in [0.5, 0.6) is 5.75 Å². The minimum Gasteiger partial charge on any atom is -0.497 e. The number of pyridine rings is 1. The Morgan fingerprint density at radius 2 is 1.95 bits per heavy atom. The van der Waals surface area contributed by atoms with Crippen LogP contribution in [0.25, 0.3) is 0 Å². The van der Waals surface area contributed by atoms with Gasteiger partial charge in [-0.05, 0) is 36.2 Å². The zero-order valence-corrected chi connectivity index (χ0v) is 12.9. The molecule has 22 heavy (non-hydrogen) atoms. The van der Waals surface area contributed by atoms with Gasteiger partial charge in [0, 0.05) is 13.0 Å². The summed E-state index contributed by atoms with van der Waals surface area (Å²) in [5.41, 5.74) is 2.06. The lowest BCUT2D eigenvalue weighted by Gasteiger charge is -2.08. The fourth-order valence-electron chi connectivity index (χ4n) is 1.95. The summed E-state index contributed by atoms with van der Waals surface area (Å²) in [6, 6.07) is 11.6. The molecule has 0 aliphatic rings. The normalized spacial score (nSPS) is 10.1. The molecule has 0 unspecified atom stereocenters. The maximum atomic E-state index is 11.5. The van der Waals surface area contributed by atoms with Crippen molar-refractivity contribution in [1.29, 1.82) is 0 Å². The van der Waals surface area contributed by atoms with Crippen molar-refractivity contribution in [3.8, 4) is 5.75 Å². The van der Waals surface area contributed by atoms with Gasteiger partial charge in [0.25, 0.3) is 0 Å². The van der Waals surface area contributed by atoms with Gasteiger partial charge in [-0.2, -0.15) is 0 Å². The van der Waals surface area contributed by atoms with Gasteiger partial charge in [-0.1, -0.05) is 19.1 Å². The Kier molecular flexibility index (Phi) is 5.77. The summed E-state index contributed by atoms with van der Waals surface area (Å²) in [4.78, 5) is 15.7. The average Bonchev–Trinajstić information content (AvgIpc) is 2.55. The van der Waals surface area contributed by atoms with Gasteiger partial charge in [0.2, 0.25) is 5.91 Å². The van der Waals surface area contributed by atoms with Crippen LogP contribution in [0.2, 0.25) is 0 Å². The molecule has 0 saturated carbocycles. The number of ether oxygens (including phenoxy) is 1. The van der Waals surface area contributed by atoms with E-state index >= 15 is 0 Å². The molecule has 1 heterocycles. The van der Waals surface area contributed by atoms with Crippen molar-refractivity contribution in [1.82, 2.24) is 4.98 Å². The van der Waals surface area contributed by atoms with Crippen molar-refractivity contribution in [3.05, 3.63) is 48.2 Å². The second-order valence-electron chi connectivity index (χ2n) is 4.93. The first-order valence-electron chi connectivity index (χ1n) is 7.34. The lowest BCUT2D eigenvalue weighted by Crippen LogP contribution is -2.11. The molecular formula is C17H21N3O2. The van der Waals surface area contributed by atoms with Gasteiger partial charge >= 0.3 is 0 Å². The minimum atomic E-state index is -0.00561. The summed E-state index contributed by atoms with van der Waals surface area (Å²) in [6.45, 7) is 2.67. The Hall–Kier alpha value is -2.56. The molecule has 5 heteroatoms. The highest BCUT2D eigenvalue weighted by Gasteiger charge is 2.02. The van der Waals surface area contributed by atoms with Crippen molar-refractivity contribution in [2.24, 2.45) is 0 Å². The summed E-state index contributed by atoms with van der Waals surface area (Å²) in [7, 11) is 1.65. The predicted molar refractivity (Wildman–Crippen MR) is 88.1 cm³/mol.